The molecule has 0 saturated heterocycles. The van der Waals surface area contributed by atoms with Crippen molar-refractivity contribution in [2.75, 3.05) is 17.7 Å². The van der Waals surface area contributed by atoms with Crippen LogP contribution in [0.1, 0.15) is 29.7 Å². The maximum atomic E-state index is 12.0. The first kappa shape index (κ1) is 17.0. The van der Waals surface area contributed by atoms with Crippen molar-refractivity contribution in [1.29, 1.82) is 0 Å². The number of nitrogens with zero attached hydrogens (tertiary/aromatic N) is 3. The van der Waals surface area contributed by atoms with Gasteiger partial charge >= 0.3 is 0 Å². The van der Waals surface area contributed by atoms with Crippen molar-refractivity contribution >= 4 is 28.3 Å². The third kappa shape index (κ3) is 3.72. The van der Waals surface area contributed by atoms with E-state index >= 15 is 0 Å². The Labute approximate surface area is 157 Å². The van der Waals surface area contributed by atoms with Gasteiger partial charge in [0.2, 0.25) is 5.91 Å². The number of hydrogen-bond donors (Lipinski definition) is 2. The van der Waals surface area contributed by atoms with Gasteiger partial charge in [-0.3, -0.25) is 4.79 Å². The van der Waals surface area contributed by atoms with Crippen LogP contribution in [-0.2, 0) is 4.79 Å². The number of fused-ring (bicyclic) bond motifs is 1. The number of pyridine rings is 3. The number of aryl methyl sites for hydroxylation is 1. The number of carbonyl (C=O) groups excluding carboxylic acids is 1. The first-order valence-electron chi connectivity index (χ1n) is 8.86. The minimum absolute atomic E-state index is 0.0289. The first-order chi connectivity index (χ1) is 13.1. The van der Waals surface area contributed by atoms with E-state index in [4.69, 9.17) is 0 Å². The van der Waals surface area contributed by atoms with Gasteiger partial charge in [0, 0.05) is 42.3 Å². The molecule has 1 amide bonds. The molecule has 3 aromatic rings. The first-order valence-corrected chi connectivity index (χ1v) is 8.86. The smallest absolute Gasteiger partial charge is 0.228 e. The van der Waals surface area contributed by atoms with Gasteiger partial charge in [-0.2, -0.15) is 0 Å². The maximum absolute atomic E-state index is 12.0. The number of nitrogens with one attached hydrogen (secondary N) is 2. The summed E-state index contributed by atoms with van der Waals surface area (Å²) in [5.41, 5.74) is 2.55. The largest absolute Gasteiger partial charge is 0.373 e. The van der Waals surface area contributed by atoms with Gasteiger partial charge in [0.25, 0.3) is 0 Å². The maximum Gasteiger partial charge on any atom is 0.228 e. The molecule has 3 aromatic heterocycles. The summed E-state index contributed by atoms with van der Waals surface area (Å²) in [6, 6.07) is 5.72. The fraction of sp³-hybridized carbons (Fsp3) is 0.238. The zero-order valence-electron chi connectivity index (χ0n) is 15.2. The topological polar surface area (TPSA) is 79.8 Å². The molecule has 27 heavy (non-hydrogen) atoms. The molecule has 134 valence electrons. The standard InChI is InChI=1S/C21H19N5O/c1-13-3-7-16(23-10-13)8-6-15-11-25-20(22-2)18-12-24-19(9-17(15)18)26-21(27)14-4-5-14/h3,7,9-12,14H,4-5H2,1-2H3,(H,22,25)(H,24,26,27). The number of anilines is 2. The molecule has 0 spiro atoms. The van der Waals surface area contributed by atoms with E-state index in [1.807, 2.05) is 32.2 Å². The SMILES string of the molecule is CNc1ncc(C#Cc2ccc(C)cn2)c2cc(NC(=O)C3CC3)ncc12. The van der Waals surface area contributed by atoms with Crippen molar-refractivity contribution in [2.24, 2.45) is 5.92 Å². The van der Waals surface area contributed by atoms with Gasteiger partial charge in [-0.05, 0) is 43.4 Å². The van der Waals surface area contributed by atoms with Crippen LogP contribution >= 0.6 is 0 Å². The van der Waals surface area contributed by atoms with Crippen molar-refractivity contribution in [3.05, 3.63) is 53.6 Å². The van der Waals surface area contributed by atoms with Crippen LogP contribution in [-0.4, -0.2) is 27.9 Å². The summed E-state index contributed by atoms with van der Waals surface area (Å²) >= 11 is 0. The summed E-state index contributed by atoms with van der Waals surface area (Å²) < 4.78 is 0. The number of carbonyl (C=O) groups is 1. The molecule has 0 bridgehead atoms. The van der Waals surface area contributed by atoms with Gasteiger partial charge in [-0.25, -0.2) is 15.0 Å². The Morgan fingerprint density at radius 1 is 1.07 bits per heavy atom. The second-order valence-corrected chi connectivity index (χ2v) is 6.62. The summed E-state index contributed by atoms with van der Waals surface area (Å²) in [5.74, 6) is 7.63. The monoisotopic (exact) mass is 357 g/mol. The Kier molecular flexibility index (Phi) is 4.43. The average molecular weight is 357 g/mol. The molecule has 0 aromatic carbocycles. The second kappa shape index (κ2) is 7.04. The Morgan fingerprint density at radius 2 is 1.93 bits per heavy atom. The fourth-order valence-corrected chi connectivity index (χ4v) is 2.75. The predicted molar refractivity (Wildman–Crippen MR) is 105 cm³/mol. The van der Waals surface area contributed by atoms with Gasteiger partial charge in [0.15, 0.2) is 0 Å². The minimum atomic E-state index is 0.0289. The van der Waals surface area contributed by atoms with Gasteiger partial charge < -0.3 is 10.6 Å². The lowest BCUT2D eigenvalue weighted by Gasteiger charge is -2.09. The van der Waals surface area contributed by atoms with Gasteiger partial charge in [0.05, 0.1) is 5.56 Å². The molecule has 1 fully saturated rings. The normalized spacial score (nSPS) is 13.0. The highest BCUT2D eigenvalue weighted by Crippen LogP contribution is 2.31. The average Bonchev–Trinajstić information content (AvgIpc) is 3.52. The summed E-state index contributed by atoms with van der Waals surface area (Å²) in [6.07, 6.45) is 7.13. The lowest BCUT2D eigenvalue weighted by atomic mass is 10.1. The van der Waals surface area contributed by atoms with Crippen molar-refractivity contribution < 1.29 is 4.79 Å². The quantitative estimate of drug-likeness (QED) is 0.704. The number of amides is 1. The molecule has 6 heteroatoms. The van der Waals surface area contributed by atoms with E-state index in [0.717, 1.165) is 40.6 Å². The molecule has 2 N–H and O–H groups in total. The Bertz CT molecular complexity index is 1080. The van der Waals surface area contributed by atoms with E-state index < -0.39 is 0 Å². The molecule has 4 rings (SSSR count). The Morgan fingerprint density at radius 3 is 2.63 bits per heavy atom. The van der Waals surface area contributed by atoms with Crippen LogP contribution in [0.3, 0.4) is 0 Å². The van der Waals surface area contributed by atoms with E-state index in [9.17, 15) is 4.79 Å². The van der Waals surface area contributed by atoms with Crippen molar-refractivity contribution in [3.8, 4) is 11.8 Å². The van der Waals surface area contributed by atoms with Crippen LogP contribution in [0.25, 0.3) is 10.8 Å². The summed E-state index contributed by atoms with van der Waals surface area (Å²) in [4.78, 5) is 25.1. The molecule has 6 nitrogen and oxygen atoms in total. The molecule has 1 aliphatic rings. The summed E-state index contributed by atoms with van der Waals surface area (Å²) in [5, 5.41) is 7.69. The van der Waals surface area contributed by atoms with E-state index in [-0.39, 0.29) is 11.8 Å². The van der Waals surface area contributed by atoms with Gasteiger partial charge in [-0.15, -0.1) is 0 Å². The third-order valence-electron chi connectivity index (χ3n) is 4.44. The number of hydrogen-bond acceptors (Lipinski definition) is 5. The highest BCUT2D eigenvalue weighted by Gasteiger charge is 2.29. The fourth-order valence-electron chi connectivity index (χ4n) is 2.75. The molecular formula is C21H19N5O. The molecule has 3 heterocycles. The van der Waals surface area contributed by atoms with Gasteiger partial charge in [0.1, 0.15) is 17.3 Å². The molecule has 1 saturated carbocycles. The molecule has 0 radical (unpaired) electrons. The lowest BCUT2D eigenvalue weighted by Crippen LogP contribution is -2.14. The Hall–Kier alpha value is -3.46. The Balaban J connectivity index is 1.74. The van der Waals surface area contributed by atoms with Crippen LogP contribution in [0.4, 0.5) is 11.6 Å². The van der Waals surface area contributed by atoms with Crippen molar-refractivity contribution in [1.82, 2.24) is 15.0 Å². The van der Waals surface area contributed by atoms with E-state index in [0.29, 0.717) is 11.5 Å². The van der Waals surface area contributed by atoms with Crippen molar-refractivity contribution in [2.45, 2.75) is 19.8 Å². The number of rotatable bonds is 3. The predicted octanol–water partition coefficient (Wildman–Crippen LogP) is 3.12. The van der Waals surface area contributed by atoms with Crippen LogP contribution in [0, 0.1) is 24.7 Å². The van der Waals surface area contributed by atoms with Crippen molar-refractivity contribution in [3.63, 3.8) is 0 Å². The van der Waals surface area contributed by atoms with Gasteiger partial charge in [-0.1, -0.05) is 12.0 Å². The minimum Gasteiger partial charge on any atom is -0.373 e. The third-order valence-corrected chi connectivity index (χ3v) is 4.44. The number of aromatic nitrogens is 3. The summed E-state index contributed by atoms with van der Waals surface area (Å²) in [7, 11) is 1.81. The highest BCUT2D eigenvalue weighted by atomic mass is 16.2. The van der Waals surface area contributed by atoms with Crippen LogP contribution in [0.5, 0.6) is 0 Å². The molecular weight excluding hydrogens is 338 g/mol. The highest BCUT2D eigenvalue weighted by molar-refractivity contribution is 5.99. The zero-order chi connectivity index (χ0) is 18.8. The molecule has 0 unspecified atom stereocenters. The van der Waals surface area contributed by atoms with Crippen LogP contribution in [0.2, 0.25) is 0 Å². The van der Waals surface area contributed by atoms with E-state index in [1.165, 1.54) is 0 Å². The lowest BCUT2D eigenvalue weighted by molar-refractivity contribution is -0.117. The van der Waals surface area contributed by atoms with E-state index in [1.54, 1.807) is 18.6 Å². The van der Waals surface area contributed by atoms with E-state index in [2.05, 4.69) is 37.4 Å². The second-order valence-electron chi connectivity index (χ2n) is 6.62. The zero-order valence-corrected chi connectivity index (χ0v) is 15.2. The molecule has 0 aliphatic heterocycles. The van der Waals surface area contributed by atoms with Crippen LogP contribution in [0.15, 0.2) is 36.8 Å². The molecule has 0 atom stereocenters. The van der Waals surface area contributed by atoms with Crippen LogP contribution < -0.4 is 10.6 Å². The summed E-state index contributed by atoms with van der Waals surface area (Å²) in [6.45, 7) is 1.99. The molecule has 1 aliphatic carbocycles.